The zero-order chi connectivity index (χ0) is 12.9. The molecule has 0 spiro atoms. The number of methoxy groups -OCH3 is 2. The number of nitrogens with zero attached hydrogens (tertiary/aromatic N) is 1. The van der Waals surface area contributed by atoms with Crippen LogP contribution in [-0.4, -0.2) is 57.5 Å². The van der Waals surface area contributed by atoms with Crippen LogP contribution in [0.25, 0.3) is 0 Å². The van der Waals surface area contributed by atoms with Crippen LogP contribution in [0.4, 0.5) is 0 Å². The smallest absolute Gasteiger partial charge is 0.0589 e. The van der Waals surface area contributed by atoms with Crippen LogP contribution >= 0.6 is 0 Å². The lowest BCUT2D eigenvalue weighted by molar-refractivity contribution is 0.0785. The van der Waals surface area contributed by atoms with Gasteiger partial charge in [-0.15, -0.1) is 0 Å². The molecule has 0 aromatic heterocycles. The summed E-state index contributed by atoms with van der Waals surface area (Å²) in [5, 5.41) is 0. The Morgan fingerprint density at radius 2 is 1.71 bits per heavy atom. The first-order valence-corrected chi connectivity index (χ1v) is 6.50. The highest BCUT2D eigenvalue weighted by Gasteiger charge is 2.41. The average Bonchev–Trinajstić information content (AvgIpc) is 2.56. The van der Waals surface area contributed by atoms with Crippen molar-refractivity contribution < 1.29 is 9.47 Å². The standard InChI is InChI=1S/C13H28N2O2/c1-13(2)6-5-11(12(13)14)15(7-9-16-3)8-10-17-4/h11-12H,5-10,14H2,1-4H3. The van der Waals surface area contributed by atoms with Gasteiger partial charge in [0.2, 0.25) is 0 Å². The van der Waals surface area contributed by atoms with Crippen LogP contribution in [0.1, 0.15) is 26.7 Å². The fourth-order valence-corrected chi connectivity index (χ4v) is 2.66. The largest absolute Gasteiger partial charge is 0.383 e. The number of hydrogen-bond donors (Lipinski definition) is 1. The second-order valence-electron chi connectivity index (χ2n) is 5.64. The van der Waals surface area contributed by atoms with Crippen molar-refractivity contribution in [3.8, 4) is 0 Å². The van der Waals surface area contributed by atoms with Gasteiger partial charge in [-0.25, -0.2) is 0 Å². The second kappa shape index (κ2) is 6.69. The lowest BCUT2D eigenvalue weighted by Crippen LogP contribution is -2.50. The van der Waals surface area contributed by atoms with E-state index >= 15 is 0 Å². The van der Waals surface area contributed by atoms with E-state index in [2.05, 4.69) is 18.7 Å². The molecule has 1 rings (SSSR count). The summed E-state index contributed by atoms with van der Waals surface area (Å²) < 4.78 is 10.4. The van der Waals surface area contributed by atoms with Crippen LogP contribution in [0.2, 0.25) is 0 Å². The van der Waals surface area contributed by atoms with Crippen molar-refractivity contribution in [3.05, 3.63) is 0 Å². The van der Waals surface area contributed by atoms with E-state index in [1.807, 2.05) is 0 Å². The quantitative estimate of drug-likeness (QED) is 0.728. The van der Waals surface area contributed by atoms with Crippen LogP contribution in [0, 0.1) is 5.41 Å². The Labute approximate surface area is 105 Å². The Morgan fingerprint density at radius 3 is 2.06 bits per heavy atom. The molecular formula is C13H28N2O2. The van der Waals surface area contributed by atoms with Gasteiger partial charge in [-0.2, -0.15) is 0 Å². The molecule has 2 unspecified atom stereocenters. The molecule has 0 radical (unpaired) electrons. The van der Waals surface area contributed by atoms with Crippen LogP contribution in [0.3, 0.4) is 0 Å². The van der Waals surface area contributed by atoms with Crippen molar-refractivity contribution in [3.63, 3.8) is 0 Å². The molecule has 0 heterocycles. The van der Waals surface area contributed by atoms with Gasteiger partial charge < -0.3 is 15.2 Å². The molecule has 0 bridgehead atoms. The first kappa shape index (κ1) is 14.9. The van der Waals surface area contributed by atoms with Gasteiger partial charge in [-0.3, -0.25) is 4.90 Å². The number of hydrogen-bond acceptors (Lipinski definition) is 4. The lowest BCUT2D eigenvalue weighted by atomic mass is 9.87. The van der Waals surface area contributed by atoms with Gasteiger partial charge in [-0.05, 0) is 18.3 Å². The highest BCUT2D eigenvalue weighted by Crippen LogP contribution is 2.38. The van der Waals surface area contributed by atoms with Crippen LogP contribution < -0.4 is 5.73 Å². The molecule has 1 aliphatic carbocycles. The number of rotatable bonds is 7. The van der Waals surface area contributed by atoms with Gasteiger partial charge in [0.25, 0.3) is 0 Å². The summed E-state index contributed by atoms with van der Waals surface area (Å²) in [6, 6.07) is 0.714. The highest BCUT2D eigenvalue weighted by atomic mass is 16.5. The summed E-state index contributed by atoms with van der Waals surface area (Å²) >= 11 is 0. The maximum absolute atomic E-state index is 6.38. The van der Waals surface area contributed by atoms with E-state index in [9.17, 15) is 0 Å². The molecule has 1 fully saturated rings. The molecule has 0 saturated heterocycles. The van der Waals surface area contributed by atoms with Crippen molar-refractivity contribution in [1.29, 1.82) is 0 Å². The second-order valence-corrected chi connectivity index (χ2v) is 5.64. The van der Waals surface area contributed by atoms with Gasteiger partial charge in [0.15, 0.2) is 0 Å². The first-order chi connectivity index (χ1) is 8.03. The minimum Gasteiger partial charge on any atom is -0.383 e. The van der Waals surface area contributed by atoms with Crippen molar-refractivity contribution in [2.75, 3.05) is 40.5 Å². The molecule has 4 heteroatoms. The SMILES string of the molecule is COCCN(CCOC)C1CCC(C)(C)C1N. The fourth-order valence-electron chi connectivity index (χ4n) is 2.66. The Hall–Kier alpha value is -0.160. The Kier molecular flexibility index (Phi) is 5.86. The van der Waals surface area contributed by atoms with Crippen molar-refractivity contribution in [1.82, 2.24) is 4.90 Å². The topological polar surface area (TPSA) is 47.7 Å². The van der Waals surface area contributed by atoms with Crippen molar-refractivity contribution >= 4 is 0 Å². The maximum Gasteiger partial charge on any atom is 0.0589 e. The molecule has 4 nitrogen and oxygen atoms in total. The fraction of sp³-hybridized carbons (Fsp3) is 1.00. The van der Waals surface area contributed by atoms with E-state index in [-0.39, 0.29) is 11.5 Å². The molecule has 2 atom stereocenters. The molecule has 0 aliphatic heterocycles. The lowest BCUT2D eigenvalue weighted by Gasteiger charge is -2.34. The Bertz CT molecular complexity index is 213. The van der Waals surface area contributed by atoms with Gasteiger partial charge in [0.1, 0.15) is 0 Å². The molecule has 0 aromatic carbocycles. The minimum absolute atomic E-state index is 0.246. The van der Waals surface area contributed by atoms with E-state index in [1.54, 1.807) is 14.2 Å². The van der Waals surface area contributed by atoms with Gasteiger partial charge in [0.05, 0.1) is 13.2 Å². The van der Waals surface area contributed by atoms with Crippen LogP contribution in [0.5, 0.6) is 0 Å². The number of nitrogens with two attached hydrogens (primary N) is 1. The molecule has 0 amide bonds. The molecule has 0 aromatic rings. The van der Waals surface area contributed by atoms with Gasteiger partial charge in [-0.1, -0.05) is 13.8 Å². The molecule has 1 saturated carbocycles. The zero-order valence-corrected chi connectivity index (χ0v) is 11.7. The summed E-state index contributed by atoms with van der Waals surface area (Å²) in [5.41, 5.74) is 6.63. The highest BCUT2D eigenvalue weighted by molar-refractivity contribution is 4.99. The normalized spacial score (nSPS) is 27.9. The minimum atomic E-state index is 0.246. The van der Waals surface area contributed by atoms with Crippen molar-refractivity contribution in [2.45, 2.75) is 38.8 Å². The summed E-state index contributed by atoms with van der Waals surface area (Å²) in [5.74, 6) is 0. The van der Waals surface area contributed by atoms with E-state index < -0.39 is 0 Å². The molecule has 17 heavy (non-hydrogen) atoms. The summed E-state index contributed by atoms with van der Waals surface area (Å²) in [6.45, 7) is 7.92. The molecule has 1 aliphatic rings. The third-order valence-electron chi connectivity index (χ3n) is 4.04. The first-order valence-electron chi connectivity index (χ1n) is 6.50. The Balaban J connectivity index is 2.56. The third kappa shape index (κ3) is 3.91. The maximum atomic E-state index is 6.38. The van der Waals surface area contributed by atoms with Gasteiger partial charge >= 0.3 is 0 Å². The summed E-state index contributed by atoms with van der Waals surface area (Å²) in [7, 11) is 3.49. The monoisotopic (exact) mass is 244 g/mol. The zero-order valence-electron chi connectivity index (χ0n) is 11.7. The molecular weight excluding hydrogens is 216 g/mol. The van der Waals surface area contributed by atoms with E-state index in [1.165, 1.54) is 12.8 Å². The predicted molar refractivity (Wildman–Crippen MR) is 70.1 cm³/mol. The van der Waals surface area contributed by atoms with Crippen LogP contribution in [0.15, 0.2) is 0 Å². The van der Waals surface area contributed by atoms with Crippen molar-refractivity contribution in [2.24, 2.45) is 11.1 Å². The number of ether oxygens (including phenoxy) is 2. The molecule has 2 N–H and O–H groups in total. The van der Waals surface area contributed by atoms with Gasteiger partial charge in [0, 0.05) is 39.4 Å². The third-order valence-corrected chi connectivity index (χ3v) is 4.04. The van der Waals surface area contributed by atoms with E-state index in [0.29, 0.717) is 6.04 Å². The van der Waals surface area contributed by atoms with E-state index in [4.69, 9.17) is 15.2 Å². The van der Waals surface area contributed by atoms with E-state index in [0.717, 1.165) is 26.3 Å². The summed E-state index contributed by atoms with van der Waals surface area (Å²) in [6.07, 6.45) is 2.39. The summed E-state index contributed by atoms with van der Waals surface area (Å²) in [4.78, 5) is 2.42. The average molecular weight is 244 g/mol. The predicted octanol–water partition coefficient (Wildman–Crippen LogP) is 1.10. The van der Waals surface area contributed by atoms with Crippen LogP contribution in [-0.2, 0) is 9.47 Å². The molecule has 102 valence electrons. The Morgan fingerprint density at radius 1 is 1.18 bits per heavy atom.